The van der Waals surface area contributed by atoms with E-state index in [1.54, 1.807) is 29.4 Å². The van der Waals surface area contributed by atoms with Crippen LogP contribution in [0, 0.1) is 11.8 Å². The highest BCUT2D eigenvalue weighted by atomic mass is 35.5. The van der Waals surface area contributed by atoms with Gasteiger partial charge in [-0.1, -0.05) is 13.8 Å². The van der Waals surface area contributed by atoms with Crippen molar-refractivity contribution < 1.29 is 9.59 Å². The minimum Gasteiger partial charge on any atom is -0.349 e. The average Bonchev–Trinajstić information content (AvgIpc) is 2.61. The summed E-state index contributed by atoms with van der Waals surface area (Å²) in [5.41, 5.74) is 6.04. The third-order valence-electron chi connectivity index (χ3n) is 5.11. The highest BCUT2D eigenvalue weighted by Crippen LogP contribution is 2.21. The molecule has 8 heteroatoms. The summed E-state index contributed by atoms with van der Waals surface area (Å²) in [6.45, 7) is 7.59. The lowest BCUT2D eigenvalue weighted by Gasteiger charge is -2.37. The second-order valence-corrected chi connectivity index (χ2v) is 7.09. The second-order valence-electron chi connectivity index (χ2n) is 7.09. The first-order valence-corrected chi connectivity index (χ1v) is 8.59. The third-order valence-corrected chi connectivity index (χ3v) is 5.11. The van der Waals surface area contributed by atoms with Gasteiger partial charge in [-0.3, -0.25) is 14.6 Å². The Kier molecular flexibility index (Phi) is 10.1. The van der Waals surface area contributed by atoms with E-state index in [9.17, 15) is 9.59 Å². The van der Waals surface area contributed by atoms with Gasteiger partial charge >= 0.3 is 0 Å². The van der Waals surface area contributed by atoms with E-state index in [4.69, 9.17) is 5.73 Å². The number of likely N-dealkylation sites (tertiary alicyclic amines) is 1. The molecule has 1 aromatic heterocycles. The predicted octanol–water partition coefficient (Wildman–Crippen LogP) is 2.27. The SMILES string of the molecule is CC(C)C(C)(CN)NC(=O)C1CCCN(C(=O)c2ccncc2)C1.Cl.Cl. The molecule has 0 aliphatic carbocycles. The Bertz CT molecular complexity index is 586. The number of halogens is 2. The van der Waals surface area contributed by atoms with Gasteiger partial charge in [-0.15, -0.1) is 24.8 Å². The van der Waals surface area contributed by atoms with Gasteiger partial charge in [0.25, 0.3) is 5.91 Å². The van der Waals surface area contributed by atoms with Crippen LogP contribution in [-0.2, 0) is 4.79 Å². The van der Waals surface area contributed by atoms with Crippen molar-refractivity contribution in [3.05, 3.63) is 30.1 Å². The fourth-order valence-corrected chi connectivity index (χ4v) is 2.87. The van der Waals surface area contributed by atoms with Crippen LogP contribution in [0.1, 0.15) is 44.0 Å². The highest BCUT2D eigenvalue weighted by Gasteiger charge is 2.34. The number of nitrogens with one attached hydrogen (secondary N) is 1. The zero-order chi connectivity index (χ0) is 17.7. The van der Waals surface area contributed by atoms with Crippen LogP contribution in [-0.4, -0.2) is 46.9 Å². The lowest BCUT2D eigenvalue weighted by molar-refractivity contribution is -0.128. The number of rotatable bonds is 5. The molecule has 0 saturated carbocycles. The molecule has 1 aliphatic rings. The maximum atomic E-state index is 12.7. The number of piperidine rings is 1. The van der Waals surface area contributed by atoms with Crippen LogP contribution in [0.25, 0.3) is 0 Å². The van der Waals surface area contributed by atoms with Gasteiger partial charge in [0.05, 0.1) is 11.5 Å². The summed E-state index contributed by atoms with van der Waals surface area (Å²) in [5, 5.41) is 3.10. The smallest absolute Gasteiger partial charge is 0.253 e. The Balaban J connectivity index is 0.00000312. The molecule has 6 nitrogen and oxygen atoms in total. The summed E-state index contributed by atoms with van der Waals surface area (Å²) in [6, 6.07) is 3.41. The molecule has 0 radical (unpaired) electrons. The Labute approximate surface area is 168 Å². The van der Waals surface area contributed by atoms with Crippen LogP contribution < -0.4 is 11.1 Å². The first kappa shape index (κ1) is 24.6. The minimum absolute atomic E-state index is 0. The average molecular weight is 405 g/mol. The monoisotopic (exact) mass is 404 g/mol. The van der Waals surface area contributed by atoms with E-state index in [0.29, 0.717) is 25.2 Å². The summed E-state index contributed by atoms with van der Waals surface area (Å²) in [6.07, 6.45) is 4.84. The minimum atomic E-state index is -0.422. The summed E-state index contributed by atoms with van der Waals surface area (Å²) < 4.78 is 0. The molecule has 2 atom stereocenters. The van der Waals surface area contributed by atoms with E-state index in [1.807, 2.05) is 20.8 Å². The van der Waals surface area contributed by atoms with E-state index < -0.39 is 5.54 Å². The summed E-state index contributed by atoms with van der Waals surface area (Å²) >= 11 is 0. The van der Waals surface area contributed by atoms with E-state index in [-0.39, 0.29) is 48.5 Å². The van der Waals surface area contributed by atoms with Crippen LogP contribution in [0.3, 0.4) is 0 Å². The number of hydrogen-bond acceptors (Lipinski definition) is 4. The van der Waals surface area contributed by atoms with Crippen molar-refractivity contribution in [2.45, 2.75) is 39.2 Å². The molecule has 1 aliphatic heterocycles. The molecule has 1 fully saturated rings. The Morgan fingerprint density at radius 2 is 1.96 bits per heavy atom. The molecule has 26 heavy (non-hydrogen) atoms. The molecule has 0 bridgehead atoms. The summed E-state index contributed by atoms with van der Waals surface area (Å²) in [7, 11) is 0. The zero-order valence-corrected chi connectivity index (χ0v) is 17.2. The fraction of sp³-hybridized carbons (Fsp3) is 0.611. The van der Waals surface area contributed by atoms with E-state index in [1.165, 1.54) is 0 Å². The largest absolute Gasteiger partial charge is 0.349 e. The fourth-order valence-electron chi connectivity index (χ4n) is 2.87. The van der Waals surface area contributed by atoms with Crippen molar-refractivity contribution >= 4 is 36.6 Å². The standard InChI is InChI=1S/C18H28N4O2.2ClH/c1-13(2)18(3,12-19)21-16(23)15-5-4-10-22(11-15)17(24)14-6-8-20-9-7-14;;/h6-9,13,15H,4-5,10-12,19H2,1-3H3,(H,21,23);2*1H. The van der Waals surface area contributed by atoms with Crippen LogP contribution in [0.4, 0.5) is 0 Å². The van der Waals surface area contributed by atoms with E-state index >= 15 is 0 Å². The third kappa shape index (κ3) is 5.83. The summed E-state index contributed by atoms with van der Waals surface area (Å²) in [4.78, 5) is 30.9. The number of nitrogens with zero attached hydrogens (tertiary/aromatic N) is 2. The van der Waals surface area contributed by atoms with Gasteiger partial charge in [0.2, 0.25) is 5.91 Å². The van der Waals surface area contributed by atoms with Crippen molar-refractivity contribution in [2.24, 2.45) is 17.6 Å². The molecular weight excluding hydrogens is 375 g/mol. The molecule has 2 heterocycles. The van der Waals surface area contributed by atoms with Crippen molar-refractivity contribution in [2.75, 3.05) is 19.6 Å². The molecule has 148 valence electrons. The Morgan fingerprint density at radius 3 is 2.50 bits per heavy atom. The van der Waals surface area contributed by atoms with Crippen LogP contribution >= 0.6 is 24.8 Å². The van der Waals surface area contributed by atoms with E-state index in [2.05, 4.69) is 10.3 Å². The molecule has 3 N–H and O–H groups in total. The number of hydrogen-bond donors (Lipinski definition) is 2. The Morgan fingerprint density at radius 1 is 1.35 bits per heavy atom. The number of carbonyl (C=O) groups is 2. The van der Waals surface area contributed by atoms with Crippen molar-refractivity contribution in [3.8, 4) is 0 Å². The number of pyridine rings is 1. The van der Waals surface area contributed by atoms with Gasteiger partial charge in [0.15, 0.2) is 0 Å². The van der Waals surface area contributed by atoms with Gasteiger partial charge in [-0.25, -0.2) is 0 Å². The summed E-state index contributed by atoms with van der Waals surface area (Å²) in [5.74, 6) is 0.00276. The number of nitrogens with two attached hydrogens (primary N) is 1. The predicted molar refractivity (Wildman–Crippen MR) is 108 cm³/mol. The maximum Gasteiger partial charge on any atom is 0.253 e. The highest BCUT2D eigenvalue weighted by molar-refractivity contribution is 5.94. The zero-order valence-electron chi connectivity index (χ0n) is 15.6. The molecule has 0 aromatic carbocycles. The van der Waals surface area contributed by atoms with Crippen LogP contribution in [0.15, 0.2) is 24.5 Å². The number of carbonyl (C=O) groups excluding carboxylic acids is 2. The first-order valence-electron chi connectivity index (χ1n) is 8.59. The van der Waals surface area contributed by atoms with Gasteiger partial charge in [0.1, 0.15) is 0 Å². The second kappa shape index (κ2) is 10.7. The molecule has 2 unspecified atom stereocenters. The first-order chi connectivity index (χ1) is 11.4. The molecule has 2 rings (SSSR count). The van der Waals surface area contributed by atoms with Crippen LogP contribution in [0.2, 0.25) is 0 Å². The lowest BCUT2D eigenvalue weighted by atomic mass is 9.87. The maximum absolute atomic E-state index is 12.7. The van der Waals surface area contributed by atoms with Gasteiger partial charge in [-0.05, 0) is 37.8 Å². The molecule has 2 amide bonds. The van der Waals surface area contributed by atoms with Crippen molar-refractivity contribution in [1.82, 2.24) is 15.2 Å². The van der Waals surface area contributed by atoms with Gasteiger partial charge < -0.3 is 16.0 Å². The number of amides is 2. The van der Waals surface area contributed by atoms with Gasteiger partial charge in [0, 0.05) is 37.6 Å². The van der Waals surface area contributed by atoms with Crippen molar-refractivity contribution in [1.29, 1.82) is 0 Å². The van der Waals surface area contributed by atoms with Gasteiger partial charge in [-0.2, -0.15) is 0 Å². The Hall–Kier alpha value is -1.37. The normalized spacial score (nSPS) is 19.0. The van der Waals surface area contributed by atoms with Crippen LogP contribution in [0.5, 0.6) is 0 Å². The van der Waals surface area contributed by atoms with E-state index in [0.717, 1.165) is 12.8 Å². The topological polar surface area (TPSA) is 88.3 Å². The molecule has 1 aromatic rings. The quantitative estimate of drug-likeness (QED) is 0.787. The molecule has 1 saturated heterocycles. The number of aromatic nitrogens is 1. The van der Waals surface area contributed by atoms with Crippen molar-refractivity contribution in [3.63, 3.8) is 0 Å². The lowest BCUT2D eigenvalue weighted by Crippen LogP contribution is -2.58. The molecular formula is C18H30Cl2N4O2. The molecule has 0 spiro atoms.